The fourth-order valence-electron chi connectivity index (χ4n) is 3.48. The zero-order valence-electron chi connectivity index (χ0n) is 12.6. The fourth-order valence-corrected chi connectivity index (χ4v) is 3.48. The van der Waals surface area contributed by atoms with Crippen molar-refractivity contribution in [2.75, 3.05) is 6.54 Å². The predicted molar refractivity (Wildman–Crippen MR) is 81.4 cm³/mol. The van der Waals surface area contributed by atoms with Crippen molar-refractivity contribution in [2.24, 2.45) is 11.8 Å². The molecule has 1 aliphatic carbocycles. The quantitative estimate of drug-likeness (QED) is 0.793. The van der Waals surface area contributed by atoms with Crippen LogP contribution in [0, 0.1) is 18.8 Å². The number of benzene rings is 1. The number of nitrogens with zero attached hydrogens (tertiary/aromatic N) is 1. The van der Waals surface area contributed by atoms with Gasteiger partial charge in [0.05, 0.1) is 6.04 Å². The Morgan fingerprint density at radius 3 is 2.75 bits per heavy atom. The van der Waals surface area contributed by atoms with Crippen LogP contribution in [-0.4, -0.2) is 17.4 Å². The maximum absolute atomic E-state index is 12.7. The average molecular weight is 271 g/mol. The molecule has 2 nitrogen and oxygen atoms in total. The first kappa shape index (κ1) is 13.7. The highest BCUT2D eigenvalue weighted by Crippen LogP contribution is 2.42. The maximum Gasteiger partial charge on any atom is 0.226 e. The van der Waals surface area contributed by atoms with Crippen LogP contribution in [-0.2, 0) is 4.79 Å². The van der Waals surface area contributed by atoms with E-state index in [4.69, 9.17) is 0 Å². The first-order valence-corrected chi connectivity index (χ1v) is 8.04. The SMILES string of the molecule is Cc1cccc(C2CCCCCN2C(=O)C2CC2C)c1. The summed E-state index contributed by atoms with van der Waals surface area (Å²) in [5.41, 5.74) is 2.62. The molecule has 0 spiro atoms. The second-order valence-electron chi connectivity index (χ2n) is 6.63. The Kier molecular flexibility index (Phi) is 3.82. The molecule has 2 heteroatoms. The summed E-state index contributed by atoms with van der Waals surface area (Å²) in [6, 6.07) is 9.01. The van der Waals surface area contributed by atoms with E-state index in [0.717, 1.165) is 25.8 Å². The van der Waals surface area contributed by atoms with Crippen molar-refractivity contribution >= 4 is 5.91 Å². The van der Waals surface area contributed by atoms with Gasteiger partial charge in [0.1, 0.15) is 0 Å². The largest absolute Gasteiger partial charge is 0.335 e. The molecule has 1 saturated carbocycles. The zero-order valence-corrected chi connectivity index (χ0v) is 12.6. The minimum absolute atomic E-state index is 0.303. The molecule has 3 unspecified atom stereocenters. The van der Waals surface area contributed by atoms with Crippen molar-refractivity contribution in [3.63, 3.8) is 0 Å². The molecule has 1 saturated heterocycles. The third-order valence-electron chi connectivity index (χ3n) is 4.89. The number of likely N-dealkylation sites (tertiary alicyclic amines) is 1. The summed E-state index contributed by atoms with van der Waals surface area (Å²) in [5, 5.41) is 0. The van der Waals surface area contributed by atoms with Crippen LogP contribution in [0.2, 0.25) is 0 Å². The van der Waals surface area contributed by atoms with E-state index in [0.29, 0.717) is 23.8 Å². The summed E-state index contributed by atoms with van der Waals surface area (Å²) in [6.45, 7) is 5.28. The third-order valence-corrected chi connectivity index (χ3v) is 4.89. The number of amides is 1. The van der Waals surface area contributed by atoms with Crippen molar-refractivity contribution in [3.8, 4) is 0 Å². The van der Waals surface area contributed by atoms with Crippen LogP contribution >= 0.6 is 0 Å². The molecule has 2 aliphatic rings. The summed E-state index contributed by atoms with van der Waals surface area (Å²) in [4.78, 5) is 14.9. The Hall–Kier alpha value is -1.31. The van der Waals surface area contributed by atoms with Crippen molar-refractivity contribution in [3.05, 3.63) is 35.4 Å². The highest BCUT2D eigenvalue weighted by atomic mass is 16.2. The Morgan fingerprint density at radius 1 is 1.25 bits per heavy atom. The molecule has 0 aromatic heterocycles. The highest BCUT2D eigenvalue weighted by molar-refractivity contribution is 5.82. The minimum Gasteiger partial charge on any atom is -0.335 e. The van der Waals surface area contributed by atoms with Crippen molar-refractivity contribution < 1.29 is 4.79 Å². The van der Waals surface area contributed by atoms with Crippen LogP contribution in [0.25, 0.3) is 0 Å². The van der Waals surface area contributed by atoms with E-state index in [1.807, 2.05) is 0 Å². The molecule has 1 aromatic carbocycles. The van der Waals surface area contributed by atoms with Crippen LogP contribution < -0.4 is 0 Å². The zero-order chi connectivity index (χ0) is 14.1. The predicted octanol–water partition coefficient (Wildman–Crippen LogP) is 4.09. The van der Waals surface area contributed by atoms with Crippen molar-refractivity contribution in [2.45, 2.75) is 52.0 Å². The van der Waals surface area contributed by atoms with Gasteiger partial charge in [-0.1, -0.05) is 49.6 Å². The molecule has 1 aromatic rings. The van der Waals surface area contributed by atoms with Crippen LogP contribution in [0.4, 0.5) is 0 Å². The molecule has 0 N–H and O–H groups in total. The molecule has 1 amide bonds. The summed E-state index contributed by atoms with van der Waals surface area (Å²) in [5.74, 6) is 1.32. The molecule has 1 heterocycles. The molecule has 0 radical (unpaired) electrons. The second kappa shape index (κ2) is 5.59. The van der Waals surface area contributed by atoms with E-state index < -0.39 is 0 Å². The van der Waals surface area contributed by atoms with Crippen LogP contribution in [0.15, 0.2) is 24.3 Å². The Bertz CT molecular complexity index is 496. The van der Waals surface area contributed by atoms with Gasteiger partial charge in [0, 0.05) is 12.5 Å². The highest BCUT2D eigenvalue weighted by Gasteiger charge is 2.43. The van der Waals surface area contributed by atoms with Gasteiger partial charge in [0.15, 0.2) is 0 Å². The number of aryl methyl sites for hydroxylation is 1. The molecule has 20 heavy (non-hydrogen) atoms. The number of rotatable bonds is 2. The first-order valence-electron chi connectivity index (χ1n) is 8.04. The molecule has 1 aliphatic heterocycles. The molecule has 108 valence electrons. The maximum atomic E-state index is 12.7. The molecular formula is C18H25NO. The van der Waals surface area contributed by atoms with E-state index in [-0.39, 0.29) is 0 Å². The van der Waals surface area contributed by atoms with Gasteiger partial charge in [-0.2, -0.15) is 0 Å². The molecule has 0 bridgehead atoms. The van der Waals surface area contributed by atoms with Gasteiger partial charge in [-0.3, -0.25) is 4.79 Å². The number of carbonyl (C=O) groups excluding carboxylic acids is 1. The summed E-state index contributed by atoms with van der Waals surface area (Å²) in [6.07, 6.45) is 5.87. The van der Waals surface area contributed by atoms with E-state index in [2.05, 4.69) is 43.0 Å². The molecule has 2 fully saturated rings. The lowest BCUT2D eigenvalue weighted by Crippen LogP contribution is -2.36. The van der Waals surface area contributed by atoms with E-state index >= 15 is 0 Å². The van der Waals surface area contributed by atoms with Gasteiger partial charge in [-0.25, -0.2) is 0 Å². The van der Waals surface area contributed by atoms with Gasteiger partial charge in [0.2, 0.25) is 5.91 Å². The third kappa shape index (κ3) is 2.74. The molecule has 3 rings (SSSR count). The summed E-state index contributed by atoms with van der Waals surface area (Å²) >= 11 is 0. The second-order valence-corrected chi connectivity index (χ2v) is 6.63. The van der Waals surface area contributed by atoms with Gasteiger partial charge in [-0.15, -0.1) is 0 Å². The Balaban J connectivity index is 1.85. The first-order chi connectivity index (χ1) is 9.66. The van der Waals surface area contributed by atoms with Gasteiger partial charge in [0.25, 0.3) is 0 Å². The number of hydrogen-bond donors (Lipinski definition) is 0. The lowest BCUT2D eigenvalue weighted by atomic mass is 9.98. The normalized spacial score (nSPS) is 29.9. The molecular weight excluding hydrogens is 246 g/mol. The average Bonchev–Trinajstić information content (AvgIpc) is 3.19. The topological polar surface area (TPSA) is 20.3 Å². The van der Waals surface area contributed by atoms with E-state index in [9.17, 15) is 4.79 Å². The van der Waals surface area contributed by atoms with Gasteiger partial charge in [-0.05, 0) is 37.7 Å². The number of hydrogen-bond acceptors (Lipinski definition) is 1. The van der Waals surface area contributed by atoms with Crippen LogP contribution in [0.1, 0.15) is 56.2 Å². The van der Waals surface area contributed by atoms with Gasteiger partial charge >= 0.3 is 0 Å². The van der Waals surface area contributed by atoms with Crippen LogP contribution in [0.3, 0.4) is 0 Å². The lowest BCUT2D eigenvalue weighted by Gasteiger charge is -2.31. The Labute approximate surface area is 122 Å². The van der Waals surface area contributed by atoms with Crippen molar-refractivity contribution in [1.29, 1.82) is 0 Å². The number of carbonyl (C=O) groups is 1. The lowest BCUT2D eigenvalue weighted by molar-refractivity contribution is -0.135. The van der Waals surface area contributed by atoms with Crippen molar-refractivity contribution in [1.82, 2.24) is 4.90 Å². The summed E-state index contributed by atoms with van der Waals surface area (Å²) < 4.78 is 0. The van der Waals surface area contributed by atoms with E-state index in [1.54, 1.807) is 0 Å². The standard InChI is InChI=1S/C18H25NO/c1-13-7-6-8-15(11-13)17-9-4-3-5-10-19(17)18(20)16-12-14(16)2/h6-8,11,14,16-17H,3-5,9-10,12H2,1-2H3. The van der Waals surface area contributed by atoms with Gasteiger partial charge < -0.3 is 4.90 Å². The Morgan fingerprint density at radius 2 is 2.05 bits per heavy atom. The van der Waals surface area contributed by atoms with Crippen LogP contribution in [0.5, 0.6) is 0 Å². The monoisotopic (exact) mass is 271 g/mol. The van der Waals surface area contributed by atoms with E-state index in [1.165, 1.54) is 24.0 Å². The fraction of sp³-hybridized carbons (Fsp3) is 0.611. The summed E-state index contributed by atoms with van der Waals surface area (Å²) in [7, 11) is 0. The molecule has 3 atom stereocenters. The smallest absolute Gasteiger partial charge is 0.226 e. The minimum atomic E-state index is 0.303.